The Morgan fingerprint density at radius 2 is 2.05 bits per heavy atom. The van der Waals surface area contributed by atoms with Crippen LogP contribution >= 0.6 is 23.2 Å². The molecule has 102 valence electrons. The van der Waals surface area contributed by atoms with Crippen molar-refractivity contribution < 1.29 is 0 Å². The highest BCUT2D eigenvalue weighted by Gasteiger charge is 2.11. The first-order valence-electron chi connectivity index (χ1n) is 6.16. The van der Waals surface area contributed by atoms with E-state index in [1.807, 2.05) is 23.7 Å². The average Bonchev–Trinajstić information content (AvgIpc) is 2.81. The Balaban J connectivity index is 2.01. The Labute approximate surface area is 122 Å². The zero-order valence-corrected chi connectivity index (χ0v) is 12.2. The van der Waals surface area contributed by atoms with E-state index in [1.165, 1.54) is 0 Å². The summed E-state index contributed by atoms with van der Waals surface area (Å²) in [5.41, 5.74) is 7.23. The number of halogens is 2. The first kappa shape index (κ1) is 14.3. The zero-order valence-electron chi connectivity index (χ0n) is 10.7. The summed E-state index contributed by atoms with van der Waals surface area (Å²) in [6.45, 7) is 2.83. The Bertz CT molecular complexity index is 553. The number of nitrogens with zero attached hydrogens (tertiary/aromatic N) is 3. The van der Waals surface area contributed by atoms with Gasteiger partial charge in [-0.05, 0) is 31.0 Å². The van der Waals surface area contributed by atoms with E-state index in [0.717, 1.165) is 24.4 Å². The molecule has 0 saturated heterocycles. The molecule has 0 aliphatic carbocycles. The second-order valence-corrected chi connectivity index (χ2v) is 5.22. The molecule has 0 aliphatic heterocycles. The molecule has 0 bridgehead atoms. The van der Waals surface area contributed by atoms with Crippen LogP contribution in [0.5, 0.6) is 0 Å². The predicted octanol–water partition coefficient (Wildman–Crippen LogP) is 2.72. The smallest absolute Gasteiger partial charge is 0.138 e. The van der Waals surface area contributed by atoms with Crippen LogP contribution in [0.15, 0.2) is 24.5 Å². The van der Waals surface area contributed by atoms with Gasteiger partial charge in [-0.2, -0.15) is 5.10 Å². The minimum absolute atomic E-state index is 0.0215. The zero-order chi connectivity index (χ0) is 13.8. The molecule has 0 saturated carbocycles. The summed E-state index contributed by atoms with van der Waals surface area (Å²) >= 11 is 11.9. The normalized spacial score (nSPS) is 12.6. The molecule has 19 heavy (non-hydrogen) atoms. The molecule has 0 spiro atoms. The maximum atomic E-state index is 6.15. The third-order valence-electron chi connectivity index (χ3n) is 2.92. The highest BCUT2D eigenvalue weighted by Crippen LogP contribution is 2.23. The van der Waals surface area contributed by atoms with Gasteiger partial charge in [0.15, 0.2) is 0 Å². The van der Waals surface area contributed by atoms with Gasteiger partial charge in [-0.15, -0.1) is 0 Å². The standard InChI is InChI=1S/C13H16Cl2N4/c1-2-19-13(17-8-18-19)7-10(16)5-9-3-4-11(14)12(15)6-9/h3-4,6,8,10H,2,5,7,16H2,1H3. The first-order chi connectivity index (χ1) is 9.10. The van der Waals surface area contributed by atoms with E-state index in [-0.39, 0.29) is 6.04 Å². The molecule has 0 radical (unpaired) electrons. The number of aromatic nitrogens is 3. The predicted molar refractivity (Wildman–Crippen MR) is 77.5 cm³/mol. The van der Waals surface area contributed by atoms with Gasteiger partial charge in [0.25, 0.3) is 0 Å². The van der Waals surface area contributed by atoms with Gasteiger partial charge >= 0.3 is 0 Å². The highest BCUT2D eigenvalue weighted by molar-refractivity contribution is 6.42. The largest absolute Gasteiger partial charge is 0.327 e. The van der Waals surface area contributed by atoms with Crippen molar-refractivity contribution in [2.24, 2.45) is 5.73 Å². The van der Waals surface area contributed by atoms with E-state index in [2.05, 4.69) is 10.1 Å². The van der Waals surface area contributed by atoms with Crippen LogP contribution in [0.1, 0.15) is 18.3 Å². The summed E-state index contributed by atoms with van der Waals surface area (Å²) in [7, 11) is 0. The summed E-state index contributed by atoms with van der Waals surface area (Å²) in [6.07, 6.45) is 2.98. The van der Waals surface area contributed by atoms with Crippen molar-refractivity contribution in [2.75, 3.05) is 0 Å². The molecule has 1 aromatic carbocycles. The van der Waals surface area contributed by atoms with Crippen LogP contribution in [0.2, 0.25) is 10.0 Å². The number of hydrogen-bond donors (Lipinski definition) is 1. The number of rotatable bonds is 5. The molecule has 1 aromatic heterocycles. The van der Waals surface area contributed by atoms with E-state index < -0.39 is 0 Å². The summed E-state index contributed by atoms with van der Waals surface area (Å²) in [5, 5.41) is 5.25. The molecular formula is C13H16Cl2N4. The molecule has 4 nitrogen and oxygen atoms in total. The topological polar surface area (TPSA) is 56.7 Å². The van der Waals surface area contributed by atoms with Crippen molar-refractivity contribution in [3.05, 3.63) is 46.0 Å². The molecule has 2 rings (SSSR count). The number of nitrogens with two attached hydrogens (primary N) is 1. The van der Waals surface area contributed by atoms with E-state index in [9.17, 15) is 0 Å². The Kier molecular flexibility index (Phi) is 4.80. The molecule has 0 amide bonds. The van der Waals surface area contributed by atoms with Gasteiger partial charge in [0, 0.05) is 19.0 Å². The molecule has 2 aromatic rings. The van der Waals surface area contributed by atoms with Gasteiger partial charge in [-0.25, -0.2) is 4.98 Å². The quantitative estimate of drug-likeness (QED) is 0.923. The monoisotopic (exact) mass is 298 g/mol. The van der Waals surface area contributed by atoms with Crippen LogP contribution in [-0.2, 0) is 19.4 Å². The molecule has 0 fully saturated rings. The molecular weight excluding hydrogens is 283 g/mol. The molecule has 6 heteroatoms. The summed E-state index contributed by atoms with van der Waals surface area (Å²) in [4.78, 5) is 4.22. The minimum Gasteiger partial charge on any atom is -0.327 e. The van der Waals surface area contributed by atoms with Gasteiger partial charge in [-0.1, -0.05) is 29.3 Å². The van der Waals surface area contributed by atoms with Crippen LogP contribution in [0.3, 0.4) is 0 Å². The lowest BCUT2D eigenvalue weighted by Gasteiger charge is -2.12. The summed E-state index contributed by atoms with van der Waals surface area (Å²) in [6, 6.07) is 5.57. The van der Waals surface area contributed by atoms with E-state index >= 15 is 0 Å². The summed E-state index contributed by atoms with van der Waals surface area (Å²) < 4.78 is 1.86. The molecule has 1 heterocycles. The van der Waals surface area contributed by atoms with Crippen LogP contribution in [0, 0.1) is 0 Å². The van der Waals surface area contributed by atoms with Gasteiger partial charge in [0.2, 0.25) is 0 Å². The van der Waals surface area contributed by atoms with Crippen LogP contribution in [0.4, 0.5) is 0 Å². The fourth-order valence-electron chi connectivity index (χ4n) is 1.99. The molecule has 0 aliphatic rings. The summed E-state index contributed by atoms with van der Waals surface area (Å²) in [5.74, 6) is 0.912. The van der Waals surface area contributed by atoms with Crippen molar-refractivity contribution >= 4 is 23.2 Å². The van der Waals surface area contributed by atoms with Crippen molar-refractivity contribution in [2.45, 2.75) is 32.4 Å². The van der Waals surface area contributed by atoms with Gasteiger partial charge in [0.05, 0.1) is 10.0 Å². The lowest BCUT2D eigenvalue weighted by Crippen LogP contribution is -2.27. The number of benzene rings is 1. The average molecular weight is 299 g/mol. The number of hydrogen-bond acceptors (Lipinski definition) is 3. The van der Waals surface area contributed by atoms with Gasteiger partial charge in [-0.3, -0.25) is 4.68 Å². The van der Waals surface area contributed by atoms with Crippen molar-refractivity contribution in [1.29, 1.82) is 0 Å². The second kappa shape index (κ2) is 6.37. The number of aryl methyl sites for hydroxylation is 1. The maximum Gasteiger partial charge on any atom is 0.138 e. The Morgan fingerprint density at radius 3 is 2.74 bits per heavy atom. The van der Waals surface area contributed by atoms with E-state index in [1.54, 1.807) is 12.4 Å². The Morgan fingerprint density at radius 1 is 1.26 bits per heavy atom. The lowest BCUT2D eigenvalue weighted by atomic mass is 10.0. The molecule has 1 unspecified atom stereocenters. The minimum atomic E-state index is -0.0215. The third-order valence-corrected chi connectivity index (χ3v) is 3.66. The van der Waals surface area contributed by atoms with Crippen LogP contribution in [-0.4, -0.2) is 20.8 Å². The van der Waals surface area contributed by atoms with E-state index in [0.29, 0.717) is 16.5 Å². The third kappa shape index (κ3) is 3.69. The first-order valence-corrected chi connectivity index (χ1v) is 6.92. The maximum absolute atomic E-state index is 6.15. The van der Waals surface area contributed by atoms with Crippen molar-refractivity contribution in [1.82, 2.24) is 14.8 Å². The highest BCUT2D eigenvalue weighted by atomic mass is 35.5. The molecule has 1 atom stereocenters. The Hall–Kier alpha value is -1.10. The molecule has 2 N–H and O–H groups in total. The van der Waals surface area contributed by atoms with Crippen LogP contribution in [0.25, 0.3) is 0 Å². The van der Waals surface area contributed by atoms with Gasteiger partial charge in [0.1, 0.15) is 12.2 Å². The van der Waals surface area contributed by atoms with Gasteiger partial charge < -0.3 is 5.73 Å². The van der Waals surface area contributed by atoms with Crippen molar-refractivity contribution in [3.63, 3.8) is 0 Å². The SMILES string of the molecule is CCn1ncnc1CC(N)Cc1ccc(Cl)c(Cl)c1. The van der Waals surface area contributed by atoms with Crippen LogP contribution < -0.4 is 5.73 Å². The fourth-order valence-corrected chi connectivity index (χ4v) is 2.31. The lowest BCUT2D eigenvalue weighted by molar-refractivity contribution is 0.567. The van der Waals surface area contributed by atoms with Crippen molar-refractivity contribution in [3.8, 4) is 0 Å². The second-order valence-electron chi connectivity index (χ2n) is 4.41. The van der Waals surface area contributed by atoms with E-state index in [4.69, 9.17) is 28.9 Å². The fraction of sp³-hybridized carbons (Fsp3) is 0.385.